The molecule has 0 aromatic heterocycles. The maximum absolute atomic E-state index is 9.47. The van der Waals surface area contributed by atoms with Gasteiger partial charge in [0.1, 0.15) is 18.3 Å². The van der Waals surface area contributed by atoms with Crippen LogP contribution in [0.5, 0.6) is 0 Å². The summed E-state index contributed by atoms with van der Waals surface area (Å²) in [6, 6.07) is 0. The first-order valence-corrected chi connectivity index (χ1v) is 3.74. The van der Waals surface area contributed by atoms with Gasteiger partial charge in [0.25, 0.3) is 0 Å². The Balaban J connectivity index is 2.11. The van der Waals surface area contributed by atoms with Gasteiger partial charge in [0.15, 0.2) is 0 Å². The molecule has 1 N–H and O–H groups in total. The summed E-state index contributed by atoms with van der Waals surface area (Å²) in [5.74, 6) is 2.39. The monoisotopic (exact) mass is 154 g/mol. The number of terminal acetylenes is 1. The minimum absolute atomic E-state index is 0.0195. The fraction of sp³-hybridized carbons (Fsp3) is 0.750. The van der Waals surface area contributed by atoms with E-state index in [2.05, 4.69) is 5.92 Å². The van der Waals surface area contributed by atoms with Gasteiger partial charge in [-0.2, -0.15) is 0 Å². The van der Waals surface area contributed by atoms with Gasteiger partial charge >= 0.3 is 0 Å². The minimum atomic E-state index is -0.632. The van der Waals surface area contributed by atoms with Crippen molar-refractivity contribution in [3.8, 4) is 12.3 Å². The second-order valence-corrected chi connectivity index (χ2v) is 2.88. The van der Waals surface area contributed by atoms with E-state index in [1.54, 1.807) is 0 Å². The highest BCUT2D eigenvalue weighted by atomic mass is 16.6. The van der Waals surface area contributed by atoms with E-state index in [9.17, 15) is 5.11 Å². The van der Waals surface area contributed by atoms with Gasteiger partial charge in [0.2, 0.25) is 0 Å². The Labute approximate surface area is 65.3 Å². The molecule has 1 unspecified atom stereocenters. The topological polar surface area (TPSA) is 38.7 Å². The van der Waals surface area contributed by atoms with Crippen LogP contribution in [0.3, 0.4) is 0 Å². The Bertz CT molecular complexity index is 196. The average Bonchev–Trinajstić information content (AvgIpc) is 2.53. The molecule has 11 heavy (non-hydrogen) atoms. The molecule has 3 heteroatoms. The molecule has 0 bridgehead atoms. The van der Waals surface area contributed by atoms with Gasteiger partial charge in [-0.05, 0) is 6.42 Å². The zero-order valence-electron chi connectivity index (χ0n) is 6.06. The number of ether oxygens (including phenoxy) is 2. The number of aliphatic hydroxyl groups is 1. The summed E-state index contributed by atoms with van der Waals surface area (Å²) < 4.78 is 10.6. The van der Waals surface area contributed by atoms with Gasteiger partial charge in [-0.25, -0.2) is 0 Å². The first-order chi connectivity index (χ1) is 5.33. The Morgan fingerprint density at radius 3 is 3.00 bits per heavy atom. The third-order valence-corrected chi connectivity index (χ3v) is 2.21. The molecule has 0 amide bonds. The van der Waals surface area contributed by atoms with Crippen molar-refractivity contribution >= 4 is 0 Å². The Hall–Kier alpha value is -0.560. The standard InChI is InChI=1S/C8H10O3/c1-2-5-7(9)8-6(11-5)3-4-10-8/h1,5-9H,3-4H2/t5?,6-,7-,8+/m1/s1. The number of rotatable bonds is 0. The fourth-order valence-electron chi connectivity index (χ4n) is 1.63. The molecule has 0 radical (unpaired) electrons. The van der Waals surface area contributed by atoms with Crippen LogP contribution in [0.4, 0.5) is 0 Å². The largest absolute Gasteiger partial charge is 0.387 e. The molecule has 0 saturated carbocycles. The molecule has 2 heterocycles. The molecule has 0 aliphatic carbocycles. The zero-order valence-corrected chi connectivity index (χ0v) is 6.06. The van der Waals surface area contributed by atoms with Gasteiger partial charge < -0.3 is 14.6 Å². The van der Waals surface area contributed by atoms with Crippen molar-refractivity contribution in [2.45, 2.75) is 30.8 Å². The highest BCUT2D eigenvalue weighted by molar-refractivity contribution is 5.08. The van der Waals surface area contributed by atoms with Crippen LogP contribution in [0.25, 0.3) is 0 Å². The number of fused-ring (bicyclic) bond motifs is 1. The van der Waals surface area contributed by atoms with Gasteiger partial charge in [0.05, 0.1) is 6.10 Å². The summed E-state index contributed by atoms with van der Waals surface area (Å²) >= 11 is 0. The molecule has 2 aliphatic heterocycles. The third kappa shape index (κ3) is 0.951. The zero-order chi connectivity index (χ0) is 7.84. The highest BCUT2D eigenvalue weighted by Gasteiger charge is 2.46. The third-order valence-electron chi connectivity index (χ3n) is 2.21. The van der Waals surface area contributed by atoms with Gasteiger partial charge in [-0.1, -0.05) is 5.92 Å². The molecular formula is C8H10O3. The summed E-state index contributed by atoms with van der Waals surface area (Å²) in [7, 11) is 0. The van der Waals surface area contributed by atoms with Crippen LogP contribution < -0.4 is 0 Å². The number of hydrogen-bond donors (Lipinski definition) is 1. The minimum Gasteiger partial charge on any atom is -0.387 e. The van der Waals surface area contributed by atoms with Crippen molar-refractivity contribution in [3.63, 3.8) is 0 Å². The van der Waals surface area contributed by atoms with Crippen molar-refractivity contribution in [1.29, 1.82) is 0 Å². The lowest BCUT2D eigenvalue weighted by Crippen LogP contribution is -2.30. The van der Waals surface area contributed by atoms with E-state index < -0.39 is 12.2 Å². The second-order valence-electron chi connectivity index (χ2n) is 2.88. The smallest absolute Gasteiger partial charge is 0.146 e. The predicted molar refractivity (Wildman–Crippen MR) is 37.9 cm³/mol. The summed E-state index contributed by atoms with van der Waals surface area (Å²) in [4.78, 5) is 0. The van der Waals surface area contributed by atoms with Crippen molar-refractivity contribution in [2.24, 2.45) is 0 Å². The predicted octanol–water partition coefficient (Wildman–Crippen LogP) is -0.463. The molecule has 4 atom stereocenters. The number of aliphatic hydroxyl groups excluding tert-OH is 1. The van der Waals surface area contributed by atoms with Crippen LogP contribution in [-0.4, -0.2) is 36.1 Å². The van der Waals surface area contributed by atoms with Crippen LogP contribution in [0.1, 0.15) is 6.42 Å². The van der Waals surface area contributed by atoms with E-state index in [4.69, 9.17) is 15.9 Å². The highest BCUT2D eigenvalue weighted by Crippen LogP contribution is 2.30. The number of hydrogen-bond acceptors (Lipinski definition) is 3. The first-order valence-electron chi connectivity index (χ1n) is 3.74. The molecule has 0 aromatic carbocycles. The van der Waals surface area contributed by atoms with Gasteiger partial charge in [-0.3, -0.25) is 0 Å². The van der Waals surface area contributed by atoms with Crippen LogP contribution >= 0.6 is 0 Å². The van der Waals surface area contributed by atoms with E-state index in [1.165, 1.54) is 0 Å². The van der Waals surface area contributed by atoms with Gasteiger partial charge in [-0.15, -0.1) is 6.42 Å². The van der Waals surface area contributed by atoms with Crippen molar-refractivity contribution in [1.82, 2.24) is 0 Å². The van der Waals surface area contributed by atoms with Crippen LogP contribution in [0.15, 0.2) is 0 Å². The summed E-state index contributed by atoms with van der Waals surface area (Å²) in [6.07, 6.45) is 4.72. The lowest BCUT2D eigenvalue weighted by molar-refractivity contribution is 0.00864. The molecular weight excluding hydrogens is 144 g/mol. The van der Waals surface area contributed by atoms with E-state index in [-0.39, 0.29) is 12.2 Å². The molecule has 2 aliphatic rings. The quantitative estimate of drug-likeness (QED) is 0.480. The average molecular weight is 154 g/mol. The van der Waals surface area contributed by atoms with Crippen molar-refractivity contribution in [3.05, 3.63) is 0 Å². The fourth-order valence-corrected chi connectivity index (χ4v) is 1.63. The summed E-state index contributed by atoms with van der Waals surface area (Å²) in [6.45, 7) is 0.670. The lowest BCUT2D eigenvalue weighted by Gasteiger charge is -2.10. The van der Waals surface area contributed by atoms with E-state index >= 15 is 0 Å². The Morgan fingerprint density at radius 1 is 1.55 bits per heavy atom. The first kappa shape index (κ1) is 7.11. The molecule has 2 fully saturated rings. The molecule has 0 spiro atoms. The van der Waals surface area contributed by atoms with E-state index in [0.29, 0.717) is 6.61 Å². The van der Waals surface area contributed by atoms with Crippen molar-refractivity contribution in [2.75, 3.05) is 6.61 Å². The Morgan fingerprint density at radius 2 is 2.36 bits per heavy atom. The summed E-state index contributed by atoms with van der Waals surface area (Å²) in [5, 5.41) is 9.47. The van der Waals surface area contributed by atoms with Crippen LogP contribution in [-0.2, 0) is 9.47 Å². The molecule has 2 rings (SSSR count). The molecule has 3 nitrogen and oxygen atoms in total. The van der Waals surface area contributed by atoms with Crippen molar-refractivity contribution < 1.29 is 14.6 Å². The van der Waals surface area contributed by atoms with E-state index in [1.807, 2.05) is 0 Å². The molecule has 2 saturated heterocycles. The van der Waals surface area contributed by atoms with E-state index in [0.717, 1.165) is 6.42 Å². The summed E-state index contributed by atoms with van der Waals surface area (Å²) in [5.41, 5.74) is 0. The lowest BCUT2D eigenvalue weighted by atomic mass is 10.1. The normalized spacial score (nSPS) is 48.7. The van der Waals surface area contributed by atoms with Gasteiger partial charge in [0, 0.05) is 6.61 Å². The maximum Gasteiger partial charge on any atom is 0.146 e. The van der Waals surface area contributed by atoms with Crippen LogP contribution in [0, 0.1) is 12.3 Å². The van der Waals surface area contributed by atoms with Crippen LogP contribution in [0.2, 0.25) is 0 Å². The SMILES string of the molecule is C#CC1O[C@@H]2CCO[C@@H]2[C@@H]1O. The maximum atomic E-state index is 9.47. The molecule has 60 valence electrons. The molecule has 0 aromatic rings. The second kappa shape index (κ2) is 2.49. The Kier molecular flexibility index (Phi) is 1.61.